The van der Waals surface area contributed by atoms with Gasteiger partial charge in [-0.2, -0.15) is 0 Å². The van der Waals surface area contributed by atoms with E-state index in [9.17, 15) is 9.90 Å². The summed E-state index contributed by atoms with van der Waals surface area (Å²) in [7, 11) is 3.95. The Hall–Kier alpha value is -1.46. The average molecular weight is 292 g/mol. The summed E-state index contributed by atoms with van der Waals surface area (Å²) < 4.78 is 0. The third kappa shape index (κ3) is 3.77. The van der Waals surface area contributed by atoms with Crippen molar-refractivity contribution >= 4 is 23.3 Å². The maximum atomic E-state index is 12.1. The van der Waals surface area contributed by atoms with Gasteiger partial charge in [-0.3, -0.25) is 9.79 Å². The number of ketones is 1. The molecule has 1 heterocycles. The Kier molecular flexibility index (Phi) is 5.09. The summed E-state index contributed by atoms with van der Waals surface area (Å²) in [4.78, 5) is 19.5. The molecule has 1 aliphatic rings. The molecule has 0 bridgehead atoms. The van der Waals surface area contributed by atoms with Gasteiger partial charge in [0.05, 0.1) is 12.1 Å². The van der Waals surface area contributed by atoms with Gasteiger partial charge in [0.15, 0.2) is 5.78 Å². The highest BCUT2D eigenvalue weighted by atomic mass is 32.1. The first-order chi connectivity index (χ1) is 9.58. The van der Waals surface area contributed by atoms with Crippen molar-refractivity contribution < 1.29 is 9.90 Å². The van der Waals surface area contributed by atoms with Crippen LogP contribution in [0.25, 0.3) is 0 Å². The minimum atomic E-state index is -0.0132. The Morgan fingerprint density at radius 2 is 2.30 bits per heavy atom. The molecule has 1 aromatic heterocycles. The second-order valence-corrected chi connectivity index (χ2v) is 6.22. The summed E-state index contributed by atoms with van der Waals surface area (Å²) in [5.74, 6) is 0.274. The van der Waals surface area contributed by atoms with Gasteiger partial charge in [0.1, 0.15) is 5.76 Å². The van der Waals surface area contributed by atoms with E-state index in [0.717, 1.165) is 11.4 Å². The number of hydrogen-bond acceptors (Lipinski definition) is 5. The van der Waals surface area contributed by atoms with Crippen LogP contribution in [0.1, 0.15) is 23.6 Å². The minimum Gasteiger partial charge on any atom is -0.511 e. The van der Waals surface area contributed by atoms with Crippen molar-refractivity contribution in [2.75, 3.05) is 27.2 Å². The topological polar surface area (TPSA) is 52.9 Å². The number of rotatable bonds is 5. The van der Waals surface area contributed by atoms with Crippen LogP contribution in [0, 0.1) is 0 Å². The van der Waals surface area contributed by atoms with Gasteiger partial charge in [-0.15, -0.1) is 11.3 Å². The third-order valence-electron chi connectivity index (χ3n) is 3.33. The molecule has 108 valence electrons. The van der Waals surface area contributed by atoms with E-state index in [1.807, 2.05) is 36.5 Å². The van der Waals surface area contributed by atoms with E-state index < -0.39 is 0 Å². The summed E-state index contributed by atoms with van der Waals surface area (Å²) >= 11 is 1.63. The van der Waals surface area contributed by atoms with E-state index in [1.165, 1.54) is 6.21 Å². The monoisotopic (exact) mass is 292 g/mol. The fourth-order valence-electron chi connectivity index (χ4n) is 2.20. The van der Waals surface area contributed by atoms with E-state index in [1.54, 1.807) is 11.3 Å². The van der Waals surface area contributed by atoms with Crippen LogP contribution in [-0.2, 0) is 4.79 Å². The van der Waals surface area contributed by atoms with Gasteiger partial charge < -0.3 is 10.0 Å². The molecule has 20 heavy (non-hydrogen) atoms. The van der Waals surface area contributed by atoms with Crippen molar-refractivity contribution in [3.8, 4) is 0 Å². The molecule has 1 N–H and O–H groups in total. The highest BCUT2D eigenvalue weighted by Gasteiger charge is 2.28. The molecule has 1 unspecified atom stereocenters. The maximum absolute atomic E-state index is 12.1. The van der Waals surface area contributed by atoms with Crippen LogP contribution in [0.15, 0.2) is 33.8 Å². The lowest BCUT2D eigenvalue weighted by molar-refractivity contribution is -0.116. The smallest absolute Gasteiger partial charge is 0.168 e. The van der Waals surface area contributed by atoms with Crippen LogP contribution >= 0.6 is 11.3 Å². The minimum absolute atomic E-state index is 0.0132. The Morgan fingerprint density at radius 3 is 2.90 bits per heavy atom. The number of carbonyl (C=O) groups excluding carboxylic acids is 1. The average Bonchev–Trinajstić information content (AvgIpc) is 2.90. The number of hydrogen-bond donors (Lipinski definition) is 1. The van der Waals surface area contributed by atoms with E-state index in [0.29, 0.717) is 25.0 Å². The predicted molar refractivity (Wildman–Crippen MR) is 82.9 cm³/mol. The number of likely N-dealkylation sites (N-methyl/N-ethyl adjacent to an activating group) is 1. The number of aliphatic imine (C=N–C) groups is 1. The molecular weight excluding hydrogens is 272 g/mol. The number of aliphatic hydroxyl groups excluding tert-OH is 1. The third-order valence-corrected chi connectivity index (χ3v) is 4.36. The highest BCUT2D eigenvalue weighted by Crippen LogP contribution is 2.35. The molecule has 0 spiro atoms. The molecule has 0 aliphatic heterocycles. The van der Waals surface area contributed by atoms with Crippen molar-refractivity contribution in [2.45, 2.75) is 18.8 Å². The normalized spacial score (nSPS) is 20.4. The van der Waals surface area contributed by atoms with E-state index >= 15 is 0 Å². The summed E-state index contributed by atoms with van der Waals surface area (Å²) in [5.41, 5.74) is 0.386. The van der Waals surface area contributed by atoms with Gasteiger partial charge in [-0.05, 0) is 25.5 Å². The summed E-state index contributed by atoms with van der Waals surface area (Å²) in [5, 5.41) is 12.1. The lowest BCUT2D eigenvalue weighted by Gasteiger charge is -2.20. The lowest BCUT2D eigenvalue weighted by Crippen LogP contribution is -2.19. The Morgan fingerprint density at radius 1 is 1.50 bits per heavy atom. The van der Waals surface area contributed by atoms with Crippen LogP contribution in [0.2, 0.25) is 0 Å². The number of thiophene rings is 1. The standard InChI is InChI=1S/C15H20N2O2S/c1-17(2)6-5-16-10-12-13(18)8-11(9-14(12)19)15-4-3-7-20-15/h3-4,7,10-11,18H,5-6,8-9H2,1-2H3. The van der Waals surface area contributed by atoms with E-state index in [-0.39, 0.29) is 17.5 Å². The van der Waals surface area contributed by atoms with E-state index in [4.69, 9.17) is 0 Å². The number of aliphatic hydroxyl groups is 1. The number of Topliss-reactive ketones (excluding diaryl/α,β-unsaturated/α-hetero) is 1. The molecule has 4 nitrogen and oxygen atoms in total. The predicted octanol–water partition coefficient (Wildman–Crippen LogP) is 2.64. The molecular formula is C15H20N2O2S. The number of allylic oxidation sites excluding steroid dienone is 2. The fraction of sp³-hybridized carbons (Fsp3) is 0.467. The Labute approximate surface area is 123 Å². The highest BCUT2D eigenvalue weighted by molar-refractivity contribution is 7.10. The lowest BCUT2D eigenvalue weighted by atomic mass is 9.86. The zero-order valence-corrected chi connectivity index (χ0v) is 12.7. The zero-order chi connectivity index (χ0) is 14.5. The molecule has 0 saturated heterocycles. The maximum Gasteiger partial charge on any atom is 0.168 e. The van der Waals surface area contributed by atoms with Crippen molar-refractivity contribution in [1.82, 2.24) is 4.90 Å². The van der Waals surface area contributed by atoms with Crippen LogP contribution in [-0.4, -0.2) is 49.2 Å². The summed E-state index contributed by atoms with van der Waals surface area (Å²) in [6, 6.07) is 4.00. The van der Waals surface area contributed by atoms with Crippen molar-refractivity contribution in [3.05, 3.63) is 33.7 Å². The number of nitrogens with zero attached hydrogens (tertiary/aromatic N) is 2. The van der Waals surface area contributed by atoms with Gasteiger partial charge in [0, 0.05) is 36.4 Å². The molecule has 5 heteroatoms. The van der Waals surface area contributed by atoms with Crippen LogP contribution in [0.3, 0.4) is 0 Å². The number of carbonyl (C=O) groups is 1. The second kappa shape index (κ2) is 6.81. The molecule has 0 radical (unpaired) electrons. The van der Waals surface area contributed by atoms with Crippen molar-refractivity contribution in [2.24, 2.45) is 4.99 Å². The Balaban J connectivity index is 2.03. The first-order valence-electron chi connectivity index (χ1n) is 6.71. The Bertz CT molecular complexity index is 518. The van der Waals surface area contributed by atoms with Crippen LogP contribution < -0.4 is 0 Å². The molecule has 1 aliphatic carbocycles. The van der Waals surface area contributed by atoms with Gasteiger partial charge in [0.25, 0.3) is 0 Å². The molecule has 0 amide bonds. The molecule has 1 aromatic rings. The largest absolute Gasteiger partial charge is 0.511 e. The van der Waals surface area contributed by atoms with Crippen molar-refractivity contribution in [1.29, 1.82) is 0 Å². The van der Waals surface area contributed by atoms with Crippen LogP contribution in [0.4, 0.5) is 0 Å². The van der Waals surface area contributed by atoms with Gasteiger partial charge in [-0.25, -0.2) is 0 Å². The van der Waals surface area contributed by atoms with Gasteiger partial charge in [0.2, 0.25) is 0 Å². The molecule has 2 rings (SSSR count). The van der Waals surface area contributed by atoms with Crippen LogP contribution in [0.5, 0.6) is 0 Å². The van der Waals surface area contributed by atoms with Crippen molar-refractivity contribution in [3.63, 3.8) is 0 Å². The second-order valence-electron chi connectivity index (χ2n) is 5.24. The zero-order valence-electron chi connectivity index (χ0n) is 11.9. The van der Waals surface area contributed by atoms with Gasteiger partial charge in [-0.1, -0.05) is 6.07 Å². The molecule has 0 aromatic carbocycles. The quantitative estimate of drug-likeness (QED) is 0.849. The first kappa shape index (κ1) is 14.9. The molecule has 0 fully saturated rings. The van der Waals surface area contributed by atoms with E-state index in [2.05, 4.69) is 4.99 Å². The first-order valence-corrected chi connectivity index (χ1v) is 7.59. The summed E-state index contributed by atoms with van der Waals surface area (Å²) in [6.45, 7) is 1.46. The van der Waals surface area contributed by atoms with Gasteiger partial charge >= 0.3 is 0 Å². The SMILES string of the molecule is CN(C)CCN=CC1=C(O)CC(c2cccs2)CC1=O. The molecule has 1 atom stereocenters. The molecule has 0 saturated carbocycles. The fourth-order valence-corrected chi connectivity index (χ4v) is 3.03. The summed E-state index contributed by atoms with van der Waals surface area (Å²) in [6.07, 6.45) is 2.52.